The first-order valence-electron chi connectivity index (χ1n) is 11.2. The van der Waals surface area contributed by atoms with Gasteiger partial charge in [-0.15, -0.1) is 10.2 Å². The fourth-order valence-electron chi connectivity index (χ4n) is 3.16. The summed E-state index contributed by atoms with van der Waals surface area (Å²) in [5.41, 5.74) is 1.99. The summed E-state index contributed by atoms with van der Waals surface area (Å²) < 4.78 is 7.21. The van der Waals surface area contributed by atoms with Gasteiger partial charge >= 0.3 is 0 Å². The zero-order chi connectivity index (χ0) is 26.2. The van der Waals surface area contributed by atoms with Gasteiger partial charge in [0.2, 0.25) is 5.91 Å². The Kier molecular flexibility index (Phi) is 9.01. The summed E-state index contributed by atoms with van der Waals surface area (Å²) in [6.07, 6.45) is 0. The van der Waals surface area contributed by atoms with Crippen LogP contribution in [0.3, 0.4) is 0 Å². The number of carbonyl (C=O) groups is 2. The van der Waals surface area contributed by atoms with Crippen molar-refractivity contribution < 1.29 is 19.2 Å². The van der Waals surface area contributed by atoms with E-state index in [2.05, 4.69) is 34.7 Å². The SMILES string of the molecule is Cc1ccc(NC(=O)CSc2nnc(CNC(=O)COc3ccc(C(C)C)cc3)n2C)cc1[N+](=O)[O-]. The molecular weight excluding hydrogens is 484 g/mol. The standard InChI is InChI=1S/C24H28N6O5S/c1-15(2)17-6-9-19(10-7-17)35-13-22(31)25-12-21-27-28-24(29(21)4)36-14-23(32)26-18-8-5-16(3)20(11-18)30(33)34/h5-11,15H,12-14H2,1-4H3,(H,25,31)(H,26,32). The molecule has 0 radical (unpaired) electrons. The molecule has 1 heterocycles. The molecule has 2 N–H and O–H groups in total. The van der Waals surface area contributed by atoms with E-state index in [1.807, 2.05) is 24.3 Å². The van der Waals surface area contributed by atoms with Gasteiger partial charge in [-0.25, -0.2) is 0 Å². The second-order valence-corrected chi connectivity index (χ2v) is 9.28. The maximum atomic E-state index is 12.3. The van der Waals surface area contributed by atoms with Crippen LogP contribution in [0.25, 0.3) is 0 Å². The van der Waals surface area contributed by atoms with Gasteiger partial charge in [-0.3, -0.25) is 19.7 Å². The van der Waals surface area contributed by atoms with Gasteiger partial charge in [-0.2, -0.15) is 0 Å². The molecule has 3 rings (SSSR count). The quantitative estimate of drug-likeness (QED) is 0.226. The van der Waals surface area contributed by atoms with E-state index in [1.54, 1.807) is 30.7 Å². The molecule has 0 unspecified atom stereocenters. The summed E-state index contributed by atoms with van der Waals surface area (Å²) in [7, 11) is 1.73. The smallest absolute Gasteiger partial charge is 0.274 e. The number of hydrogen-bond acceptors (Lipinski definition) is 8. The van der Waals surface area contributed by atoms with Crippen LogP contribution in [0.5, 0.6) is 5.75 Å². The first kappa shape index (κ1) is 26.7. The minimum atomic E-state index is -0.490. The summed E-state index contributed by atoms with van der Waals surface area (Å²) in [5.74, 6) is 0.945. The highest BCUT2D eigenvalue weighted by molar-refractivity contribution is 7.99. The molecule has 12 heteroatoms. The van der Waals surface area contributed by atoms with Crippen molar-refractivity contribution in [2.24, 2.45) is 7.05 Å². The van der Waals surface area contributed by atoms with Crippen molar-refractivity contribution in [3.8, 4) is 5.75 Å². The van der Waals surface area contributed by atoms with Gasteiger partial charge in [0.15, 0.2) is 17.6 Å². The van der Waals surface area contributed by atoms with E-state index < -0.39 is 4.92 Å². The van der Waals surface area contributed by atoms with Crippen molar-refractivity contribution in [2.45, 2.75) is 38.4 Å². The molecule has 190 valence electrons. The molecule has 0 spiro atoms. The van der Waals surface area contributed by atoms with Crippen molar-refractivity contribution >= 4 is 35.0 Å². The molecule has 3 aromatic rings. The Hall–Kier alpha value is -3.93. The fraction of sp³-hybridized carbons (Fsp3) is 0.333. The van der Waals surface area contributed by atoms with Gasteiger partial charge in [0.05, 0.1) is 17.2 Å². The molecule has 0 saturated carbocycles. The van der Waals surface area contributed by atoms with Crippen LogP contribution in [0.2, 0.25) is 0 Å². The molecule has 0 bridgehead atoms. The predicted octanol–water partition coefficient (Wildman–Crippen LogP) is 3.58. The monoisotopic (exact) mass is 512 g/mol. The lowest BCUT2D eigenvalue weighted by molar-refractivity contribution is -0.385. The molecule has 0 aliphatic rings. The van der Waals surface area contributed by atoms with Gasteiger partial charge < -0.3 is 19.9 Å². The van der Waals surface area contributed by atoms with Crippen LogP contribution in [-0.2, 0) is 23.2 Å². The second-order valence-electron chi connectivity index (χ2n) is 8.34. The fourth-order valence-corrected chi connectivity index (χ4v) is 3.89. The maximum Gasteiger partial charge on any atom is 0.274 e. The number of amides is 2. The number of rotatable bonds is 11. The molecular formula is C24H28N6O5S. The van der Waals surface area contributed by atoms with E-state index in [0.717, 1.165) is 11.8 Å². The molecule has 1 aromatic heterocycles. The highest BCUT2D eigenvalue weighted by Crippen LogP contribution is 2.23. The Morgan fingerprint density at radius 3 is 2.53 bits per heavy atom. The van der Waals surface area contributed by atoms with Crippen molar-refractivity contribution in [2.75, 3.05) is 17.7 Å². The van der Waals surface area contributed by atoms with Gasteiger partial charge in [-0.05, 0) is 36.6 Å². The summed E-state index contributed by atoms with van der Waals surface area (Å²) in [5, 5.41) is 25.1. The van der Waals surface area contributed by atoms with Crippen LogP contribution in [0, 0.1) is 17.0 Å². The normalized spacial score (nSPS) is 10.8. The number of hydrogen-bond donors (Lipinski definition) is 2. The minimum Gasteiger partial charge on any atom is -0.484 e. The first-order chi connectivity index (χ1) is 17.1. The third-order valence-electron chi connectivity index (χ3n) is 5.31. The summed E-state index contributed by atoms with van der Waals surface area (Å²) in [6, 6.07) is 12.1. The minimum absolute atomic E-state index is 0.0312. The summed E-state index contributed by atoms with van der Waals surface area (Å²) >= 11 is 1.16. The number of ether oxygens (including phenoxy) is 1. The van der Waals surface area contributed by atoms with E-state index in [1.165, 1.54) is 11.6 Å². The lowest BCUT2D eigenvalue weighted by Gasteiger charge is -2.09. The number of aromatic nitrogens is 3. The van der Waals surface area contributed by atoms with Gasteiger partial charge in [0.1, 0.15) is 5.75 Å². The van der Waals surface area contributed by atoms with Gasteiger partial charge in [0.25, 0.3) is 11.6 Å². The highest BCUT2D eigenvalue weighted by Gasteiger charge is 2.15. The van der Waals surface area contributed by atoms with Crippen molar-refractivity contribution in [3.05, 3.63) is 69.5 Å². The van der Waals surface area contributed by atoms with Crippen LogP contribution < -0.4 is 15.4 Å². The van der Waals surface area contributed by atoms with Crippen molar-refractivity contribution in [1.82, 2.24) is 20.1 Å². The summed E-state index contributed by atoms with van der Waals surface area (Å²) in [4.78, 5) is 35.0. The number of thioether (sulfide) groups is 1. The molecule has 0 fully saturated rings. The average molecular weight is 513 g/mol. The Labute approximate surface area is 212 Å². The Morgan fingerprint density at radius 1 is 1.14 bits per heavy atom. The van der Waals surface area contributed by atoms with Gasteiger partial charge in [-0.1, -0.05) is 43.8 Å². The largest absolute Gasteiger partial charge is 0.484 e. The zero-order valence-electron chi connectivity index (χ0n) is 20.5. The van der Waals surface area contributed by atoms with E-state index >= 15 is 0 Å². The number of carbonyl (C=O) groups excluding carboxylic acids is 2. The lowest BCUT2D eigenvalue weighted by Crippen LogP contribution is -2.29. The third kappa shape index (κ3) is 7.28. The molecule has 0 saturated heterocycles. The van der Waals surface area contributed by atoms with Crippen LogP contribution in [-0.4, -0.2) is 43.9 Å². The number of benzene rings is 2. The molecule has 0 aliphatic carbocycles. The molecule has 2 aromatic carbocycles. The molecule has 0 aliphatic heterocycles. The number of aryl methyl sites for hydroxylation is 1. The van der Waals surface area contributed by atoms with Crippen LogP contribution in [0.15, 0.2) is 47.6 Å². The van der Waals surface area contributed by atoms with Gasteiger partial charge in [0, 0.05) is 24.4 Å². The zero-order valence-corrected chi connectivity index (χ0v) is 21.3. The van der Waals surface area contributed by atoms with E-state index in [0.29, 0.717) is 33.9 Å². The lowest BCUT2D eigenvalue weighted by atomic mass is 10.0. The Morgan fingerprint density at radius 2 is 1.86 bits per heavy atom. The van der Waals surface area contributed by atoms with Crippen molar-refractivity contribution in [3.63, 3.8) is 0 Å². The van der Waals surface area contributed by atoms with Crippen molar-refractivity contribution in [1.29, 1.82) is 0 Å². The molecule has 0 atom stereocenters. The highest BCUT2D eigenvalue weighted by atomic mass is 32.2. The predicted molar refractivity (Wildman–Crippen MR) is 136 cm³/mol. The number of nitrogens with one attached hydrogen (secondary N) is 2. The number of nitrogens with zero attached hydrogens (tertiary/aromatic N) is 4. The van der Waals surface area contributed by atoms with Crippen LogP contribution in [0.4, 0.5) is 11.4 Å². The number of nitro benzene ring substituents is 1. The maximum absolute atomic E-state index is 12.3. The topological polar surface area (TPSA) is 141 Å². The van der Waals surface area contributed by atoms with E-state index in [4.69, 9.17) is 4.74 Å². The first-order valence-corrected chi connectivity index (χ1v) is 12.2. The second kappa shape index (κ2) is 12.2. The Bertz CT molecular complexity index is 1240. The number of anilines is 1. The average Bonchev–Trinajstić information content (AvgIpc) is 3.20. The Balaban J connectivity index is 1.45. The third-order valence-corrected chi connectivity index (χ3v) is 6.33. The molecule has 36 heavy (non-hydrogen) atoms. The number of nitro groups is 1. The summed E-state index contributed by atoms with van der Waals surface area (Å²) in [6.45, 7) is 5.87. The van der Waals surface area contributed by atoms with Crippen LogP contribution >= 0.6 is 11.8 Å². The van der Waals surface area contributed by atoms with Crippen LogP contribution in [0.1, 0.15) is 36.7 Å². The molecule has 11 nitrogen and oxygen atoms in total. The van der Waals surface area contributed by atoms with E-state index in [-0.39, 0.29) is 36.4 Å². The van der Waals surface area contributed by atoms with E-state index in [9.17, 15) is 19.7 Å². The molecule has 2 amide bonds.